The molecule has 1 aromatic carbocycles. The monoisotopic (exact) mass is 302 g/mol. The van der Waals surface area contributed by atoms with Gasteiger partial charge in [-0.25, -0.2) is 13.8 Å². The number of hydrogen-bond donors (Lipinski definition) is 1. The average molecular weight is 302 g/mol. The summed E-state index contributed by atoms with van der Waals surface area (Å²) >= 11 is 0. The summed E-state index contributed by atoms with van der Waals surface area (Å²) in [6.45, 7) is 12.4. The molecule has 0 saturated heterocycles. The van der Waals surface area contributed by atoms with Crippen molar-refractivity contribution in [3.05, 3.63) is 66.3 Å². The Balaban J connectivity index is 2.18. The van der Waals surface area contributed by atoms with Crippen LogP contribution in [0, 0.1) is 11.6 Å². The van der Waals surface area contributed by atoms with Gasteiger partial charge in [0.2, 0.25) is 0 Å². The van der Waals surface area contributed by atoms with Gasteiger partial charge in [-0.05, 0) is 24.6 Å². The summed E-state index contributed by atoms with van der Waals surface area (Å²) in [5, 5.41) is 0. The number of imidazole rings is 1. The number of allylic oxidation sites excluding steroid dienone is 1. The second kappa shape index (κ2) is 6.39. The Morgan fingerprint density at radius 1 is 1.27 bits per heavy atom. The Hall–Kier alpha value is -2.69. The van der Waals surface area contributed by atoms with Crippen LogP contribution in [-0.2, 0) is 6.61 Å². The minimum atomic E-state index is -0.708. The van der Waals surface area contributed by atoms with Gasteiger partial charge in [0.05, 0.1) is 11.4 Å². The first-order chi connectivity index (χ1) is 10.5. The third-order valence-corrected chi connectivity index (χ3v) is 3.03. The molecule has 114 valence electrons. The highest BCUT2D eigenvalue weighted by molar-refractivity contribution is 5.63. The maximum Gasteiger partial charge on any atom is 0.146 e. The normalized spacial score (nSPS) is 10.3. The number of H-pyrrole nitrogens is 1. The molecule has 0 aliphatic rings. The number of hydrogen-bond acceptors (Lipinski definition) is 2. The molecule has 1 N–H and O–H groups in total. The smallest absolute Gasteiger partial charge is 0.146 e. The van der Waals surface area contributed by atoms with Gasteiger partial charge in [0.15, 0.2) is 0 Å². The zero-order valence-electron chi connectivity index (χ0n) is 12.2. The summed E-state index contributed by atoms with van der Waals surface area (Å²) in [4.78, 5) is 7.22. The van der Waals surface area contributed by atoms with Gasteiger partial charge in [-0.1, -0.05) is 19.7 Å². The standard InChI is InChI=1S/C17H16F2N2O/c1-5-14-15(6-2)21-16(20-14)9-22-11-7-12(18)17(10(3)4)13(19)8-11/h5-8H,1-3,9H2,4H3,(H,20,21). The van der Waals surface area contributed by atoms with Crippen molar-refractivity contribution < 1.29 is 13.5 Å². The van der Waals surface area contributed by atoms with E-state index in [1.807, 2.05) is 0 Å². The lowest BCUT2D eigenvalue weighted by Crippen LogP contribution is -2.00. The molecule has 1 aromatic heterocycles. The molecule has 0 radical (unpaired) electrons. The van der Waals surface area contributed by atoms with Crippen LogP contribution in [0.25, 0.3) is 17.7 Å². The minimum absolute atomic E-state index is 0.0416. The van der Waals surface area contributed by atoms with E-state index >= 15 is 0 Å². The molecule has 0 amide bonds. The Bertz CT molecular complexity index is 699. The van der Waals surface area contributed by atoms with Crippen molar-refractivity contribution in [2.45, 2.75) is 13.5 Å². The number of nitrogens with zero attached hydrogens (tertiary/aromatic N) is 1. The summed E-state index contributed by atoms with van der Waals surface area (Å²) in [6.07, 6.45) is 3.19. The molecule has 0 atom stereocenters. The lowest BCUT2D eigenvalue weighted by Gasteiger charge is -2.08. The van der Waals surface area contributed by atoms with Gasteiger partial charge in [-0.2, -0.15) is 0 Å². The molecule has 5 heteroatoms. The summed E-state index contributed by atoms with van der Waals surface area (Å²) in [7, 11) is 0. The fourth-order valence-electron chi connectivity index (χ4n) is 2.03. The van der Waals surface area contributed by atoms with Crippen LogP contribution in [-0.4, -0.2) is 9.97 Å². The number of nitrogens with one attached hydrogen (secondary N) is 1. The Labute approximate surface area is 127 Å². The van der Waals surface area contributed by atoms with E-state index < -0.39 is 11.6 Å². The predicted molar refractivity (Wildman–Crippen MR) is 84.2 cm³/mol. The van der Waals surface area contributed by atoms with Crippen LogP contribution in [0.3, 0.4) is 0 Å². The number of aromatic nitrogens is 2. The summed E-state index contributed by atoms with van der Waals surface area (Å²) in [5.74, 6) is -0.827. The zero-order chi connectivity index (χ0) is 16.3. The van der Waals surface area contributed by atoms with E-state index in [9.17, 15) is 8.78 Å². The molecule has 22 heavy (non-hydrogen) atoms. The SMILES string of the molecule is C=Cc1nc(COc2cc(F)c(C(=C)C)c(F)c2)[nH]c1C=C. The summed E-state index contributed by atoms with van der Waals surface area (Å²) in [6, 6.07) is 2.25. The molecule has 2 rings (SSSR count). The van der Waals surface area contributed by atoms with E-state index in [-0.39, 0.29) is 17.9 Å². The Morgan fingerprint density at radius 2 is 1.91 bits per heavy atom. The van der Waals surface area contributed by atoms with E-state index in [1.165, 1.54) is 0 Å². The predicted octanol–water partition coefficient (Wildman–Crippen LogP) is 4.59. The van der Waals surface area contributed by atoms with Crippen LogP contribution in [0.15, 0.2) is 31.9 Å². The highest BCUT2D eigenvalue weighted by Gasteiger charge is 2.13. The number of benzene rings is 1. The van der Waals surface area contributed by atoms with Crippen molar-refractivity contribution in [2.75, 3.05) is 0 Å². The molecule has 0 bridgehead atoms. The van der Waals surface area contributed by atoms with Crippen LogP contribution < -0.4 is 4.74 Å². The minimum Gasteiger partial charge on any atom is -0.485 e. The summed E-state index contributed by atoms with van der Waals surface area (Å²) in [5.41, 5.74) is 1.54. The molecule has 0 unspecified atom stereocenters. The van der Waals surface area contributed by atoms with E-state index in [0.717, 1.165) is 12.1 Å². The highest BCUT2D eigenvalue weighted by atomic mass is 19.1. The van der Waals surface area contributed by atoms with Crippen molar-refractivity contribution in [2.24, 2.45) is 0 Å². The van der Waals surface area contributed by atoms with Crippen molar-refractivity contribution in [1.29, 1.82) is 0 Å². The first-order valence-electron chi connectivity index (χ1n) is 6.57. The molecule has 0 spiro atoms. The van der Waals surface area contributed by atoms with Crippen LogP contribution in [0.1, 0.15) is 29.7 Å². The molecule has 0 fully saturated rings. The zero-order valence-corrected chi connectivity index (χ0v) is 12.2. The van der Waals surface area contributed by atoms with Gasteiger partial charge >= 0.3 is 0 Å². The number of rotatable bonds is 6. The second-order valence-corrected chi connectivity index (χ2v) is 4.72. The lowest BCUT2D eigenvalue weighted by molar-refractivity contribution is 0.293. The molecular formula is C17H16F2N2O. The fraction of sp³-hybridized carbons (Fsp3) is 0.118. The van der Waals surface area contributed by atoms with Crippen LogP contribution in [0.2, 0.25) is 0 Å². The van der Waals surface area contributed by atoms with Crippen molar-refractivity contribution in [3.63, 3.8) is 0 Å². The largest absolute Gasteiger partial charge is 0.485 e. The number of ether oxygens (including phenoxy) is 1. The van der Waals surface area contributed by atoms with Gasteiger partial charge in [-0.15, -0.1) is 0 Å². The second-order valence-electron chi connectivity index (χ2n) is 4.72. The Morgan fingerprint density at radius 3 is 2.36 bits per heavy atom. The quantitative estimate of drug-likeness (QED) is 0.847. The highest BCUT2D eigenvalue weighted by Crippen LogP contribution is 2.25. The molecule has 2 aromatic rings. The summed E-state index contributed by atoms with van der Waals surface area (Å²) < 4.78 is 33.0. The first kappa shape index (κ1) is 15.7. The molecular weight excluding hydrogens is 286 g/mol. The fourth-order valence-corrected chi connectivity index (χ4v) is 2.03. The molecule has 3 nitrogen and oxygen atoms in total. The number of aromatic amines is 1. The topological polar surface area (TPSA) is 37.9 Å². The Kier molecular flexibility index (Phi) is 4.56. The third kappa shape index (κ3) is 3.14. The van der Waals surface area contributed by atoms with E-state index in [2.05, 4.69) is 29.7 Å². The van der Waals surface area contributed by atoms with Crippen molar-refractivity contribution >= 4 is 17.7 Å². The van der Waals surface area contributed by atoms with Crippen molar-refractivity contribution in [1.82, 2.24) is 9.97 Å². The molecule has 0 aliphatic carbocycles. The van der Waals surface area contributed by atoms with Gasteiger partial charge in [0, 0.05) is 17.7 Å². The van der Waals surface area contributed by atoms with Crippen LogP contribution in [0.4, 0.5) is 8.78 Å². The van der Waals surface area contributed by atoms with Gasteiger partial charge in [0.25, 0.3) is 0 Å². The maximum atomic E-state index is 13.8. The van der Waals surface area contributed by atoms with Crippen LogP contribution >= 0.6 is 0 Å². The number of halogens is 2. The van der Waals surface area contributed by atoms with Gasteiger partial charge in [0.1, 0.15) is 29.8 Å². The van der Waals surface area contributed by atoms with Gasteiger partial charge in [-0.3, -0.25) is 0 Å². The van der Waals surface area contributed by atoms with Gasteiger partial charge < -0.3 is 9.72 Å². The van der Waals surface area contributed by atoms with E-state index in [0.29, 0.717) is 22.8 Å². The third-order valence-electron chi connectivity index (χ3n) is 3.03. The molecule has 1 heterocycles. The van der Waals surface area contributed by atoms with Crippen molar-refractivity contribution in [3.8, 4) is 5.75 Å². The van der Waals surface area contributed by atoms with E-state index in [1.54, 1.807) is 19.1 Å². The van der Waals surface area contributed by atoms with Crippen LogP contribution in [0.5, 0.6) is 5.75 Å². The van der Waals surface area contributed by atoms with E-state index in [4.69, 9.17) is 4.74 Å². The lowest BCUT2D eigenvalue weighted by atomic mass is 10.1. The maximum absolute atomic E-state index is 13.8. The first-order valence-corrected chi connectivity index (χ1v) is 6.57. The molecule has 0 aliphatic heterocycles. The average Bonchev–Trinajstić information content (AvgIpc) is 2.86. The molecule has 0 saturated carbocycles.